The smallest absolute Gasteiger partial charge is 0.269 e. The molecule has 1 amide bonds. The number of benzene rings is 1. The van der Waals surface area contributed by atoms with Crippen molar-refractivity contribution in [1.82, 2.24) is 15.1 Å². The van der Waals surface area contributed by atoms with Gasteiger partial charge in [0.15, 0.2) is 0 Å². The van der Waals surface area contributed by atoms with E-state index in [1.165, 1.54) is 11.1 Å². The van der Waals surface area contributed by atoms with Crippen LogP contribution in [0.15, 0.2) is 59.7 Å². The Morgan fingerprint density at radius 2 is 1.79 bits per heavy atom. The molecule has 0 radical (unpaired) electrons. The molecule has 0 saturated heterocycles. The van der Waals surface area contributed by atoms with Crippen LogP contribution in [0.25, 0.3) is 11.3 Å². The van der Waals surface area contributed by atoms with Gasteiger partial charge in [0.1, 0.15) is 5.69 Å². The first kappa shape index (κ1) is 21.7. The SMILES string of the molecule is CC(C)=CCC/C(C)=C/CNC(=O)c1cc(-c2ccccc2)nn1C(C)(C)C. The third-order valence-corrected chi connectivity index (χ3v) is 4.45. The molecule has 0 atom stereocenters. The van der Waals surface area contributed by atoms with Crippen molar-refractivity contribution in [2.45, 2.75) is 59.9 Å². The van der Waals surface area contributed by atoms with E-state index in [1.807, 2.05) is 41.1 Å². The Kier molecular flexibility index (Phi) is 7.38. The van der Waals surface area contributed by atoms with Crippen LogP contribution in [0, 0.1) is 0 Å². The highest BCUT2D eigenvalue weighted by Crippen LogP contribution is 2.24. The molecule has 1 aromatic heterocycles. The number of allylic oxidation sites excluding steroid dienone is 3. The molecule has 0 unspecified atom stereocenters. The zero-order valence-electron chi connectivity index (χ0n) is 18.0. The zero-order chi connectivity index (χ0) is 20.7. The number of aromatic nitrogens is 2. The van der Waals surface area contributed by atoms with Gasteiger partial charge in [-0.1, -0.05) is 53.6 Å². The molecule has 2 rings (SSSR count). The van der Waals surface area contributed by atoms with Gasteiger partial charge in [-0.2, -0.15) is 5.10 Å². The van der Waals surface area contributed by atoms with E-state index in [9.17, 15) is 4.79 Å². The first-order valence-corrected chi connectivity index (χ1v) is 9.91. The summed E-state index contributed by atoms with van der Waals surface area (Å²) in [5, 5.41) is 7.72. The Bertz CT molecular complexity index is 848. The second-order valence-electron chi connectivity index (χ2n) is 8.44. The number of carbonyl (C=O) groups is 1. The minimum atomic E-state index is -0.282. The van der Waals surface area contributed by atoms with Gasteiger partial charge < -0.3 is 5.32 Å². The molecule has 28 heavy (non-hydrogen) atoms. The summed E-state index contributed by atoms with van der Waals surface area (Å²) in [7, 11) is 0. The minimum absolute atomic E-state index is 0.0991. The molecule has 4 nitrogen and oxygen atoms in total. The Balaban J connectivity index is 2.12. The largest absolute Gasteiger partial charge is 0.347 e. The quantitative estimate of drug-likeness (QED) is 0.625. The van der Waals surface area contributed by atoms with Crippen molar-refractivity contribution >= 4 is 5.91 Å². The van der Waals surface area contributed by atoms with E-state index >= 15 is 0 Å². The number of carbonyl (C=O) groups excluding carboxylic acids is 1. The Morgan fingerprint density at radius 3 is 2.39 bits per heavy atom. The molecule has 1 aromatic carbocycles. The van der Waals surface area contributed by atoms with Crippen molar-refractivity contribution < 1.29 is 4.79 Å². The fourth-order valence-corrected chi connectivity index (χ4v) is 2.90. The third-order valence-electron chi connectivity index (χ3n) is 4.45. The summed E-state index contributed by atoms with van der Waals surface area (Å²) >= 11 is 0. The summed E-state index contributed by atoms with van der Waals surface area (Å²) < 4.78 is 1.82. The van der Waals surface area contributed by atoms with Crippen molar-refractivity contribution in [2.24, 2.45) is 0 Å². The summed E-state index contributed by atoms with van der Waals surface area (Å²) in [6, 6.07) is 11.8. The number of hydrogen-bond donors (Lipinski definition) is 1. The van der Waals surface area contributed by atoms with Crippen molar-refractivity contribution in [2.75, 3.05) is 6.54 Å². The van der Waals surface area contributed by atoms with Gasteiger partial charge in [-0.15, -0.1) is 0 Å². The van der Waals surface area contributed by atoms with Gasteiger partial charge >= 0.3 is 0 Å². The lowest BCUT2D eigenvalue weighted by Gasteiger charge is -2.22. The summed E-state index contributed by atoms with van der Waals surface area (Å²) in [6.45, 7) is 13.0. The molecule has 0 aliphatic heterocycles. The van der Waals surface area contributed by atoms with Gasteiger partial charge in [-0.3, -0.25) is 9.48 Å². The molecule has 150 valence electrons. The first-order valence-electron chi connectivity index (χ1n) is 9.91. The van der Waals surface area contributed by atoms with E-state index in [0.717, 1.165) is 24.1 Å². The number of rotatable bonds is 7. The lowest BCUT2D eigenvalue weighted by atomic mass is 10.1. The van der Waals surface area contributed by atoms with Crippen molar-refractivity contribution in [3.63, 3.8) is 0 Å². The van der Waals surface area contributed by atoms with Crippen LogP contribution in [0.4, 0.5) is 0 Å². The van der Waals surface area contributed by atoms with Crippen LogP contribution in [-0.2, 0) is 5.54 Å². The van der Waals surface area contributed by atoms with Crippen molar-refractivity contribution in [1.29, 1.82) is 0 Å². The predicted molar refractivity (Wildman–Crippen MR) is 117 cm³/mol. The second kappa shape index (κ2) is 9.54. The number of amides is 1. The predicted octanol–water partition coefficient (Wildman–Crippen LogP) is 5.73. The number of hydrogen-bond acceptors (Lipinski definition) is 2. The van der Waals surface area contributed by atoms with Gasteiger partial charge in [-0.05, 0) is 60.5 Å². The molecule has 0 aliphatic rings. The molecule has 1 heterocycles. The van der Waals surface area contributed by atoms with Crippen LogP contribution >= 0.6 is 0 Å². The molecular weight excluding hydrogens is 346 g/mol. The average Bonchev–Trinajstić information content (AvgIpc) is 3.08. The maximum absolute atomic E-state index is 12.8. The highest BCUT2D eigenvalue weighted by Gasteiger charge is 2.23. The van der Waals surface area contributed by atoms with Gasteiger partial charge in [0.05, 0.1) is 11.2 Å². The summed E-state index contributed by atoms with van der Waals surface area (Å²) in [5.41, 5.74) is 4.75. The van der Waals surface area contributed by atoms with Gasteiger partial charge in [0.2, 0.25) is 0 Å². The molecule has 0 fully saturated rings. The van der Waals surface area contributed by atoms with Crippen LogP contribution in [0.1, 0.15) is 64.9 Å². The van der Waals surface area contributed by atoms with E-state index in [2.05, 4.69) is 59.0 Å². The molecular formula is C24H33N3O. The highest BCUT2D eigenvalue weighted by molar-refractivity contribution is 5.94. The Morgan fingerprint density at radius 1 is 1.11 bits per heavy atom. The molecule has 0 saturated carbocycles. The topological polar surface area (TPSA) is 46.9 Å². The molecule has 2 aromatic rings. The standard InChI is InChI=1S/C24H33N3O/c1-18(2)11-10-12-19(3)15-16-25-23(28)22-17-21(20-13-8-7-9-14-20)26-27(22)24(4,5)6/h7-9,11,13-15,17H,10,12,16H2,1-6H3,(H,25,28)/b19-15+. The molecule has 0 bridgehead atoms. The zero-order valence-corrected chi connectivity index (χ0v) is 18.0. The third kappa shape index (κ3) is 6.22. The number of nitrogens with zero attached hydrogens (tertiary/aromatic N) is 2. The maximum atomic E-state index is 12.8. The van der Waals surface area contributed by atoms with Crippen LogP contribution in [-0.4, -0.2) is 22.2 Å². The molecule has 0 spiro atoms. The van der Waals surface area contributed by atoms with E-state index < -0.39 is 0 Å². The van der Waals surface area contributed by atoms with Gasteiger partial charge in [-0.25, -0.2) is 0 Å². The summed E-state index contributed by atoms with van der Waals surface area (Å²) in [5.74, 6) is -0.0991. The van der Waals surface area contributed by atoms with Crippen LogP contribution < -0.4 is 5.32 Å². The maximum Gasteiger partial charge on any atom is 0.269 e. The second-order valence-corrected chi connectivity index (χ2v) is 8.44. The van der Waals surface area contributed by atoms with Crippen molar-refractivity contribution in [3.8, 4) is 11.3 Å². The fraction of sp³-hybridized carbons (Fsp3) is 0.417. The van der Waals surface area contributed by atoms with Gasteiger partial charge in [0, 0.05) is 12.1 Å². The lowest BCUT2D eigenvalue weighted by molar-refractivity contribution is 0.0939. The van der Waals surface area contributed by atoms with Crippen LogP contribution in [0.3, 0.4) is 0 Å². The average molecular weight is 380 g/mol. The van der Waals surface area contributed by atoms with E-state index in [4.69, 9.17) is 5.10 Å². The van der Waals surface area contributed by atoms with E-state index in [0.29, 0.717) is 12.2 Å². The lowest BCUT2D eigenvalue weighted by Crippen LogP contribution is -2.32. The Hall–Kier alpha value is -2.62. The normalized spacial score (nSPS) is 12.0. The van der Waals surface area contributed by atoms with Crippen molar-refractivity contribution in [3.05, 3.63) is 65.4 Å². The molecule has 1 N–H and O–H groups in total. The number of nitrogens with one attached hydrogen (secondary N) is 1. The van der Waals surface area contributed by atoms with Crippen LogP contribution in [0.2, 0.25) is 0 Å². The molecule has 0 aliphatic carbocycles. The van der Waals surface area contributed by atoms with Gasteiger partial charge in [0.25, 0.3) is 5.91 Å². The monoisotopic (exact) mass is 379 g/mol. The first-order chi connectivity index (χ1) is 13.2. The fourth-order valence-electron chi connectivity index (χ4n) is 2.90. The Labute approximate surface area is 169 Å². The summed E-state index contributed by atoms with van der Waals surface area (Å²) in [4.78, 5) is 12.8. The minimum Gasteiger partial charge on any atom is -0.347 e. The van der Waals surface area contributed by atoms with E-state index in [-0.39, 0.29) is 11.4 Å². The van der Waals surface area contributed by atoms with E-state index in [1.54, 1.807) is 0 Å². The highest BCUT2D eigenvalue weighted by atomic mass is 16.2. The van der Waals surface area contributed by atoms with Crippen LogP contribution in [0.5, 0.6) is 0 Å². The summed E-state index contributed by atoms with van der Waals surface area (Å²) in [6.07, 6.45) is 6.38. The molecule has 4 heteroatoms.